The van der Waals surface area contributed by atoms with Crippen LogP contribution in [0.15, 0.2) is 6.33 Å². The van der Waals surface area contributed by atoms with Crippen LogP contribution >= 0.6 is 0 Å². The summed E-state index contributed by atoms with van der Waals surface area (Å²) in [5.74, 6) is 2.05. The molecule has 5 heteroatoms. The molecule has 0 atom stereocenters. The van der Waals surface area contributed by atoms with Crippen molar-refractivity contribution in [2.75, 3.05) is 43.4 Å². The van der Waals surface area contributed by atoms with Crippen molar-refractivity contribution in [3.05, 3.63) is 11.9 Å². The van der Waals surface area contributed by atoms with E-state index in [4.69, 9.17) is 0 Å². The van der Waals surface area contributed by atoms with Crippen LogP contribution in [0.3, 0.4) is 0 Å². The highest BCUT2D eigenvalue weighted by molar-refractivity contribution is 5.58. The predicted molar refractivity (Wildman–Crippen MR) is 84.5 cm³/mol. The molecule has 0 bridgehead atoms. The van der Waals surface area contributed by atoms with Gasteiger partial charge in [-0.1, -0.05) is 6.92 Å². The summed E-state index contributed by atoms with van der Waals surface area (Å²) in [6.07, 6.45) is 2.61. The maximum absolute atomic E-state index is 4.53. The number of rotatable bonds is 3. The van der Waals surface area contributed by atoms with Crippen molar-refractivity contribution in [2.24, 2.45) is 0 Å². The van der Waals surface area contributed by atoms with Gasteiger partial charge in [-0.3, -0.25) is 4.90 Å². The van der Waals surface area contributed by atoms with Crippen molar-refractivity contribution in [1.82, 2.24) is 14.9 Å². The van der Waals surface area contributed by atoms with Crippen molar-refractivity contribution >= 4 is 11.6 Å². The van der Waals surface area contributed by atoms with Gasteiger partial charge in [-0.2, -0.15) is 0 Å². The molecule has 0 aliphatic carbocycles. The van der Waals surface area contributed by atoms with Crippen LogP contribution in [-0.4, -0.2) is 53.6 Å². The fourth-order valence-corrected chi connectivity index (χ4v) is 2.81. The van der Waals surface area contributed by atoms with Crippen LogP contribution in [0.5, 0.6) is 0 Å². The highest BCUT2D eigenvalue weighted by Crippen LogP contribution is 2.26. The van der Waals surface area contributed by atoms with Crippen molar-refractivity contribution < 1.29 is 0 Å². The van der Waals surface area contributed by atoms with Crippen LogP contribution in [0.2, 0.25) is 0 Å². The molecule has 112 valence electrons. The topological polar surface area (TPSA) is 44.3 Å². The fourth-order valence-electron chi connectivity index (χ4n) is 2.81. The normalized spacial score (nSPS) is 17.4. The molecule has 1 aromatic rings. The van der Waals surface area contributed by atoms with E-state index in [9.17, 15) is 0 Å². The number of nitrogens with zero attached hydrogens (tertiary/aromatic N) is 4. The molecule has 20 heavy (non-hydrogen) atoms. The third kappa shape index (κ3) is 3.03. The molecule has 1 fully saturated rings. The van der Waals surface area contributed by atoms with E-state index in [-0.39, 0.29) is 5.54 Å². The van der Waals surface area contributed by atoms with Gasteiger partial charge in [-0.05, 0) is 27.2 Å². The highest BCUT2D eigenvalue weighted by atomic mass is 15.3. The second kappa shape index (κ2) is 5.95. The number of piperazine rings is 1. The minimum atomic E-state index is 0.251. The van der Waals surface area contributed by atoms with Gasteiger partial charge in [-0.25, -0.2) is 9.97 Å². The number of aromatic nitrogens is 2. The van der Waals surface area contributed by atoms with Gasteiger partial charge in [0.2, 0.25) is 0 Å². The van der Waals surface area contributed by atoms with E-state index in [1.54, 1.807) is 6.33 Å². The first-order valence-electron chi connectivity index (χ1n) is 7.49. The van der Waals surface area contributed by atoms with E-state index in [2.05, 4.69) is 52.8 Å². The Morgan fingerprint density at radius 2 is 1.80 bits per heavy atom. The SMILES string of the molecule is CCc1c(NC)ncnc1N1CCN(C(C)(C)C)CC1. The summed E-state index contributed by atoms with van der Waals surface area (Å²) >= 11 is 0. The van der Waals surface area contributed by atoms with E-state index in [0.29, 0.717) is 0 Å². The van der Waals surface area contributed by atoms with E-state index >= 15 is 0 Å². The van der Waals surface area contributed by atoms with Gasteiger partial charge in [0.15, 0.2) is 0 Å². The van der Waals surface area contributed by atoms with Crippen molar-refractivity contribution in [1.29, 1.82) is 0 Å². The third-order valence-electron chi connectivity index (χ3n) is 4.04. The van der Waals surface area contributed by atoms with Gasteiger partial charge in [0.05, 0.1) is 0 Å². The van der Waals surface area contributed by atoms with Crippen molar-refractivity contribution in [2.45, 2.75) is 39.7 Å². The number of anilines is 2. The molecule has 0 radical (unpaired) electrons. The maximum atomic E-state index is 4.53. The van der Waals surface area contributed by atoms with Crippen LogP contribution in [0.1, 0.15) is 33.3 Å². The molecule has 2 rings (SSSR count). The Morgan fingerprint density at radius 1 is 1.15 bits per heavy atom. The second-order valence-electron chi connectivity index (χ2n) is 6.27. The van der Waals surface area contributed by atoms with Crippen LogP contribution < -0.4 is 10.2 Å². The zero-order valence-corrected chi connectivity index (χ0v) is 13.4. The summed E-state index contributed by atoms with van der Waals surface area (Å²) < 4.78 is 0. The number of hydrogen-bond acceptors (Lipinski definition) is 5. The minimum Gasteiger partial charge on any atom is -0.373 e. The first-order chi connectivity index (χ1) is 9.47. The molecule has 5 nitrogen and oxygen atoms in total. The molecule has 1 N–H and O–H groups in total. The summed E-state index contributed by atoms with van der Waals surface area (Å²) in [7, 11) is 1.92. The molecule has 0 amide bonds. The Bertz CT molecular complexity index is 444. The molecule has 0 aromatic carbocycles. The molecule has 1 saturated heterocycles. The lowest BCUT2D eigenvalue weighted by Crippen LogP contribution is -2.53. The molecule has 0 spiro atoms. The molecule has 1 aromatic heterocycles. The molecule has 0 saturated carbocycles. The lowest BCUT2D eigenvalue weighted by atomic mass is 10.0. The van der Waals surface area contributed by atoms with Crippen LogP contribution in [0.25, 0.3) is 0 Å². The minimum absolute atomic E-state index is 0.251. The van der Waals surface area contributed by atoms with Gasteiger partial charge < -0.3 is 10.2 Å². The van der Waals surface area contributed by atoms with Crippen molar-refractivity contribution in [3.8, 4) is 0 Å². The van der Waals surface area contributed by atoms with Gasteiger partial charge in [-0.15, -0.1) is 0 Å². The van der Waals surface area contributed by atoms with E-state index in [1.807, 2.05) is 7.05 Å². The zero-order chi connectivity index (χ0) is 14.8. The maximum Gasteiger partial charge on any atom is 0.137 e. The second-order valence-corrected chi connectivity index (χ2v) is 6.27. The number of nitrogens with one attached hydrogen (secondary N) is 1. The zero-order valence-electron chi connectivity index (χ0n) is 13.4. The van der Waals surface area contributed by atoms with Gasteiger partial charge >= 0.3 is 0 Å². The Morgan fingerprint density at radius 3 is 2.30 bits per heavy atom. The highest BCUT2D eigenvalue weighted by Gasteiger charge is 2.27. The summed E-state index contributed by atoms with van der Waals surface area (Å²) in [6, 6.07) is 0. The van der Waals surface area contributed by atoms with E-state index in [0.717, 1.165) is 44.2 Å². The summed E-state index contributed by atoms with van der Waals surface area (Å²) in [4.78, 5) is 13.8. The Labute approximate surface area is 122 Å². The average molecular weight is 277 g/mol. The van der Waals surface area contributed by atoms with Crippen LogP contribution in [0, 0.1) is 0 Å². The standard InChI is InChI=1S/C15H27N5/c1-6-12-13(16-5)17-11-18-14(12)19-7-9-20(10-8-19)15(2,3)4/h11H,6-10H2,1-5H3,(H,16,17,18). The van der Waals surface area contributed by atoms with Crippen LogP contribution in [0.4, 0.5) is 11.6 Å². The lowest BCUT2D eigenvalue weighted by molar-refractivity contribution is 0.128. The molecule has 2 heterocycles. The molecular weight excluding hydrogens is 250 g/mol. The molecule has 0 unspecified atom stereocenters. The van der Waals surface area contributed by atoms with Crippen molar-refractivity contribution in [3.63, 3.8) is 0 Å². The number of hydrogen-bond donors (Lipinski definition) is 1. The third-order valence-corrected chi connectivity index (χ3v) is 4.04. The van der Waals surface area contributed by atoms with Gasteiger partial charge in [0.1, 0.15) is 18.0 Å². The predicted octanol–water partition coefficient (Wildman–Crippen LogP) is 2.00. The van der Waals surface area contributed by atoms with E-state index in [1.165, 1.54) is 5.56 Å². The summed E-state index contributed by atoms with van der Waals surface area (Å²) in [5.41, 5.74) is 1.47. The summed E-state index contributed by atoms with van der Waals surface area (Å²) in [5, 5.41) is 3.17. The largest absolute Gasteiger partial charge is 0.373 e. The Kier molecular flexibility index (Phi) is 4.48. The molecular formula is C15H27N5. The smallest absolute Gasteiger partial charge is 0.137 e. The van der Waals surface area contributed by atoms with Gasteiger partial charge in [0.25, 0.3) is 0 Å². The quantitative estimate of drug-likeness (QED) is 0.915. The average Bonchev–Trinajstić information content (AvgIpc) is 2.45. The van der Waals surface area contributed by atoms with Gasteiger partial charge in [0, 0.05) is 44.3 Å². The Balaban J connectivity index is 2.15. The first kappa shape index (κ1) is 15.0. The first-order valence-corrected chi connectivity index (χ1v) is 7.49. The molecule has 1 aliphatic heterocycles. The Hall–Kier alpha value is -1.36. The van der Waals surface area contributed by atoms with E-state index < -0.39 is 0 Å². The van der Waals surface area contributed by atoms with Crippen LogP contribution in [-0.2, 0) is 6.42 Å². The monoisotopic (exact) mass is 277 g/mol. The lowest BCUT2D eigenvalue weighted by Gasteiger charge is -2.43. The fraction of sp³-hybridized carbons (Fsp3) is 0.733. The molecule has 1 aliphatic rings. The summed E-state index contributed by atoms with van der Waals surface area (Å²) in [6.45, 7) is 13.2.